The highest BCUT2D eigenvalue weighted by molar-refractivity contribution is 6.46. The lowest BCUT2D eigenvalue weighted by atomic mass is 9.95. The maximum absolute atomic E-state index is 12.8. The molecule has 0 spiro atoms. The van der Waals surface area contributed by atoms with Gasteiger partial charge in [0.05, 0.1) is 24.8 Å². The van der Waals surface area contributed by atoms with Gasteiger partial charge in [-0.25, -0.2) is 0 Å². The van der Waals surface area contributed by atoms with Gasteiger partial charge >= 0.3 is 0 Å². The molecule has 6 heteroatoms. The Kier molecular flexibility index (Phi) is 5.51. The minimum atomic E-state index is -0.821. The Morgan fingerprint density at radius 1 is 1.11 bits per heavy atom. The zero-order valence-electron chi connectivity index (χ0n) is 16.0. The number of hydrogen-bond donors (Lipinski definition) is 2. The van der Waals surface area contributed by atoms with Gasteiger partial charge in [0.2, 0.25) is 0 Å². The van der Waals surface area contributed by atoms with E-state index in [1.165, 1.54) is 4.90 Å². The molecular weight excluding hydrogens is 358 g/mol. The highest BCUT2D eigenvalue weighted by Crippen LogP contribution is 2.39. The van der Waals surface area contributed by atoms with E-state index in [4.69, 9.17) is 4.74 Å². The van der Waals surface area contributed by atoms with Crippen molar-refractivity contribution in [3.8, 4) is 5.75 Å². The Morgan fingerprint density at radius 2 is 1.71 bits per heavy atom. The summed E-state index contributed by atoms with van der Waals surface area (Å²) >= 11 is 0. The van der Waals surface area contributed by atoms with Crippen molar-refractivity contribution in [3.05, 3.63) is 70.8 Å². The van der Waals surface area contributed by atoms with Crippen LogP contribution in [0.3, 0.4) is 0 Å². The number of ether oxygens (including phenoxy) is 1. The number of aliphatic hydroxyl groups is 2. The van der Waals surface area contributed by atoms with Crippen molar-refractivity contribution in [2.24, 2.45) is 0 Å². The van der Waals surface area contributed by atoms with Gasteiger partial charge in [0, 0.05) is 12.1 Å². The fourth-order valence-electron chi connectivity index (χ4n) is 3.35. The second kappa shape index (κ2) is 7.86. The fraction of sp³-hybridized carbons (Fsp3) is 0.273. The van der Waals surface area contributed by atoms with Gasteiger partial charge in [-0.3, -0.25) is 9.59 Å². The second-order valence-corrected chi connectivity index (χ2v) is 6.94. The number of benzene rings is 2. The number of rotatable bonds is 5. The molecule has 6 nitrogen and oxygen atoms in total. The third-order valence-electron chi connectivity index (χ3n) is 4.76. The van der Waals surface area contributed by atoms with E-state index in [0.717, 1.165) is 5.56 Å². The Labute approximate surface area is 163 Å². The molecule has 28 heavy (non-hydrogen) atoms. The molecule has 146 valence electrons. The van der Waals surface area contributed by atoms with Gasteiger partial charge in [-0.15, -0.1) is 0 Å². The Hall–Kier alpha value is -3.12. The van der Waals surface area contributed by atoms with E-state index in [9.17, 15) is 19.8 Å². The van der Waals surface area contributed by atoms with Crippen LogP contribution in [0.1, 0.15) is 29.7 Å². The van der Waals surface area contributed by atoms with Crippen LogP contribution in [0, 0.1) is 6.92 Å². The lowest BCUT2D eigenvalue weighted by molar-refractivity contribution is -0.140. The number of carbonyl (C=O) groups excluding carboxylic acids is 2. The summed E-state index contributed by atoms with van der Waals surface area (Å²) in [5.74, 6) is -1.10. The molecule has 1 aliphatic rings. The summed E-state index contributed by atoms with van der Waals surface area (Å²) in [6.45, 7) is 3.44. The molecule has 0 aliphatic carbocycles. The smallest absolute Gasteiger partial charge is 0.295 e. The van der Waals surface area contributed by atoms with Crippen LogP contribution in [-0.4, -0.2) is 46.6 Å². The van der Waals surface area contributed by atoms with E-state index in [0.29, 0.717) is 16.9 Å². The standard InChI is InChI=1S/C22H23NO5/c1-13-4-6-16(7-5-13)20(25)18-19(15-8-10-17(28-3)11-9-15)23(12-14(2)24)22(27)21(18)26/h4-11,14,19,24-25H,12H2,1-3H3/t14-,19+/m1/s1. The van der Waals surface area contributed by atoms with Crippen molar-refractivity contribution in [1.82, 2.24) is 4.90 Å². The number of methoxy groups -OCH3 is 1. The van der Waals surface area contributed by atoms with Crippen LogP contribution in [0.25, 0.3) is 5.76 Å². The summed E-state index contributed by atoms with van der Waals surface area (Å²) < 4.78 is 5.17. The van der Waals surface area contributed by atoms with Crippen LogP contribution in [0.15, 0.2) is 54.1 Å². The fourth-order valence-corrected chi connectivity index (χ4v) is 3.35. The highest BCUT2D eigenvalue weighted by Gasteiger charge is 2.46. The lowest BCUT2D eigenvalue weighted by Crippen LogP contribution is -2.35. The molecule has 1 fully saturated rings. The van der Waals surface area contributed by atoms with Crippen molar-refractivity contribution in [2.75, 3.05) is 13.7 Å². The van der Waals surface area contributed by atoms with Gasteiger partial charge in [0.25, 0.3) is 11.7 Å². The molecule has 1 amide bonds. The first-order valence-corrected chi connectivity index (χ1v) is 9.01. The van der Waals surface area contributed by atoms with E-state index in [1.807, 2.05) is 19.1 Å². The van der Waals surface area contributed by atoms with Gasteiger partial charge in [-0.2, -0.15) is 0 Å². The molecule has 0 saturated carbocycles. The van der Waals surface area contributed by atoms with Gasteiger partial charge in [-0.1, -0.05) is 42.0 Å². The van der Waals surface area contributed by atoms with E-state index < -0.39 is 23.8 Å². The first-order chi connectivity index (χ1) is 13.3. The van der Waals surface area contributed by atoms with E-state index >= 15 is 0 Å². The number of β-amino-alcohol motifs (C(OH)–C–C–N with tert-alkyl or cyclic N) is 1. The zero-order chi connectivity index (χ0) is 20.4. The highest BCUT2D eigenvalue weighted by atomic mass is 16.5. The van der Waals surface area contributed by atoms with Gasteiger partial charge in [-0.05, 0) is 31.5 Å². The molecule has 0 aromatic heterocycles. The second-order valence-electron chi connectivity index (χ2n) is 6.94. The van der Waals surface area contributed by atoms with E-state index in [2.05, 4.69) is 0 Å². The summed E-state index contributed by atoms with van der Waals surface area (Å²) in [4.78, 5) is 26.7. The summed E-state index contributed by atoms with van der Waals surface area (Å²) in [5, 5.41) is 20.7. The maximum Gasteiger partial charge on any atom is 0.295 e. The van der Waals surface area contributed by atoms with Crippen LogP contribution in [0.5, 0.6) is 5.75 Å². The lowest BCUT2D eigenvalue weighted by Gasteiger charge is -2.26. The topological polar surface area (TPSA) is 87.1 Å². The normalized spacial score (nSPS) is 19.7. The van der Waals surface area contributed by atoms with Crippen LogP contribution in [-0.2, 0) is 9.59 Å². The van der Waals surface area contributed by atoms with Crippen molar-refractivity contribution in [1.29, 1.82) is 0 Å². The average Bonchev–Trinajstić information content (AvgIpc) is 2.92. The SMILES string of the molecule is COc1ccc([C@H]2C(=C(O)c3ccc(C)cc3)C(=O)C(=O)N2C[C@@H](C)O)cc1. The van der Waals surface area contributed by atoms with E-state index in [1.54, 1.807) is 50.4 Å². The number of nitrogens with zero attached hydrogens (tertiary/aromatic N) is 1. The number of aryl methyl sites for hydroxylation is 1. The molecule has 0 unspecified atom stereocenters. The maximum atomic E-state index is 12.8. The van der Waals surface area contributed by atoms with Gasteiger partial charge in [0.1, 0.15) is 11.5 Å². The third-order valence-corrected chi connectivity index (χ3v) is 4.76. The minimum absolute atomic E-state index is 0.0136. The van der Waals surface area contributed by atoms with Crippen LogP contribution in [0.4, 0.5) is 0 Å². The van der Waals surface area contributed by atoms with Crippen molar-refractivity contribution in [3.63, 3.8) is 0 Å². The number of Topliss-reactive ketones (excluding diaryl/α,β-unsaturated/α-hetero) is 1. The summed E-state index contributed by atoms with van der Waals surface area (Å²) in [6, 6.07) is 13.2. The third kappa shape index (κ3) is 3.64. The number of aliphatic hydroxyl groups excluding tert-OH is 2. The average molecular weight is 381 g/mol. The molecule has 0 bridgehead atoms. The Bertz CT molecular complexity index is 913. The van der Waals surface area contributed by atoms with Crippen LogP contribution in [0.2, 0.25) is 0 Å². The Balaban J connectivity index is 2.16. The summed E-state index contributed by atoms with van der Waals surface area (Å²) in [5.41, 5.74) is 2.13. The molecule has 2 aromatic rings. The zero-order valence-corrected chi connectivity index (χ0v) is 16.0. The quantitative estimate of drug-likeness (QED) is 0.472. The number of ketones is 1. The summed E-state index contributed by atoms with van der Waals surface area (Å²) in [7, 11) is 1.55. The molecule has 2 aromatic carbocycles. The first-order valence-electron chi connectivity index (χ1n) is 9.01. The molecular formula is C22H23NO5. The number of amides is 1. The molecule has 2 N–H and O–H groups in total. The molecule has 1 aliphatic heterocycles. The first kappa shape index (κ1) is 19.6. The number of hydrogen-bond acceptors (Lipinski definition) is 5. The van der Waals surface area contributed by atoms with E-state index in [-0.39, 0.29) is 17.9 Å². The van der Waals surface area contributed by atoms with Crippen molar-refractivity contribution in [2.45, 2.75) is 26.0 Å². The molecule has 1 heterocycles. The molecule has 2 atom stereocenters. The molecule has 3 rings (SSSR count). The van der Waals surface area contributed by atoms with Crippen molar-refractivity contribution < 1.29 is 24.5 Å². The largest absolute Gasteiger partial charge is 0.507 e. The predicted octanol–water partition coefficient (Wildman–Crippen LogP) is 2.81. The number of carbonyl (C=O) groups is 2. The Morgan fingerprint density at radius 3 is 2.25 bits per heavy atom. The minimum Gasteiger partial charge on any atom is -0.507 e. The monoisotopic (exact) mass is 381 g/mol. The predicted molar refractivity (Wildman–Crippen MR) is 105 cm³/mol. The van der Waals surface area contributed by atoms with Crippen molar-refractivity contribution >= 4 is 17.4 Å². The summed E-state index contributed by atoms with van der Waals surface area (Å²) in [6.07, 6.45) is -0.821. The van der Waals surface area contributed by atoms with Gasteiger partial charge in [0.15, 0.2) is 0 Å². The van der Waals surface area contributed by atoms with Gasteiger partial charge < -0.3 is 19.8 Å². The molecule has 1 saturated heterocycles. The molecule has 0 radical (unpaired) electrons. The number of likely N-dealkylation sites (tertiary alicyclic amines) is 1. The van der Waals surface area contributed by atoms with Crippen LogP contribution >= 0.6 is 0 Å². The van der Waals surface area contributed by atoms with Crippen LogP contribution < -0.4 is 4.74 Å².